The molecule has 3 heterocycles. The van der Waals surface area contributed by atoms with Crippen molar-refractivity contribution < 1.29 is 19.1 Å². The molecule has 0 bridgehead atoms. The minimum atomic E-state index is -0.583. The molecule has 2 aliphatic rings. The fourth-order valence-corrected chi connectivity index (χ4v) is 6.04. The van der Waals surface area contributed by atoms with E-state index in [0.717, 1.165) is 31.2 Å². The summed E-state index contributed by atoms with van der Waals surface area (Å²) in [6.07, 6.45) is 7.33. The van der Waals surface area contributed by atoms with Gasteiger partial charge in [0.15, 0.2) is 5.15 Å². The summed E-state index contributed by atoms with van der Waals surface area (Å²) in [6.45, 7) is 1.17. The molecule has 2 fully saturated rings. The third-order valence-electron chi connectivity index (χ3n) is 8.18. The Labute approximate surface area is 280 Å². The van der Waals surface area contributed by atoms with E-state index in [2.05, 4.69) is 41.1 Å². The van der Waals surface area contributed by atoms with Gasteiger partial charge < -0.3 is 15.0 Å². The largest absolute Gasteiger partial charge is 0.453 e. The van der Waals surface area contributed by atoms with Crippen LogP contribution in [0.1, 0.15) is 43.0 Å². The molecular formula is C32H31Cl2N9O4. The predicted octanol–water partition coefficient (Wildman–Crippen LogP) is 5.12. The van der Waals surface area contributed by atoms with Gasteiger partial charge in [-0.3, -0.25) is 14.9 Å². The van der Waals surface area contributed by atoms with Crippen molar-refractivity contribution in [3.8, 4) is 16.8 Å². The van der Waals surface area contributed by atoms with Gasteiger partial charge in [-0.15, -0.1) is 10.2 Å². The molecule has 1 aliphatic carbocycles. The van der Waals surface area contributed by atoms with Crippen LogP contribution in [0.5, 0.6) is 0 Å². The van der Waals surface area contributed by atoms with Crippen LogP contribution in [0.25, 0.3) is 22.9 Å². The number of anilines is 1. The van der Waals surface area contributed by atoms with E-state index in [4.69, 9.17) is 23.2 Å². The number of aromatic nitrogens is 6. The second-order valence-electron chi connectivity index (χ2n) is 11.4. The molecular weight excluding hydrogens is 645 g/mol. The molecule has 47 heavy (non-hydrogen) atoms. The molecule has 6 rings (SSSR count). The topological polar surface area (TPSA) is 157 Å². The number of hydrogen-bond donors (Lipinski definition) is 2. The van der Waals surface area contributed by atoms with Crippen LogP contribution in [0.4, 0.5) is 10.5 Å². The summed E-state index contributed by atoms with van der Waals surface area (Å²) in [5.74, 6) is -0.240. The number of benzene rings is 2. The molecule has 2 aromatic heterocycles. The van der Waals surface area contributed by atoms with Crippen LogP contribution >= 0.6 is 23.2 Å². The number of tetrazole rings is 1. The van der Waals surface area contributed by atoms with E-state index in [-0.39, 0.29) is 28.8 Å². The Hall–Kier alpha value is -4.88. The molecule has 2 unspecified atom stereocenters. The molecule has 4 aromatic rings. The van der Waals surface area contributed by atoms with Gasteiger partial charge >= 0.3 is 6.09 Å². The predicted molar refractivity (Wildman–Crippen MR) is 175 cm³/mol. The first-order valence-electron chi connectivity index (χ1n) is 15.1. The highest BCUT2D eigenvalue weighted by Crippen LogP contribution is 2.36. The van der Waals surface area contributed by atoms with E-state index in [1.165, 1.54) is 24.2 Å². The summed E-state index contributed by atoms with van der Waals surface area (Å²) in [6, 6.07) is 13.4. The molecule has 15 heteroatoms. The molecule has 0 radical (unpaired) electrons. The molecule has 2 aromatic carbocycles. The fourth-order valence-electron chi connectivity index (χ4n) is 5.66. The van der Waals surface area contributed by atoms with Crippen LogP contribution in [0.2, 0.25) is 10.2 Å². The molecule has 1 saturated carbocycles. The van der Waals surface area contributed by atoms with Crippen molar-refractivity contribution in [2.75, 3.05) is 25.5 Å². The van der Waals surface area contributed by atoms with Crippen molar-refractivity contribution in [2.24, 2.45) is 11.8 Å². The first-order chi connectivity index (χ1) is 22.8. The molecule has 2 N–H and O–H groups in total. The minimum absolute atomic E-state index is 0.0929. The number of methoxy groups -OCH3 is 1. The van der Waals surface area contributed by atoms with Gasteiger partial charge in [0, 0.05) is 52.8 Å². The first-order valence-corrected chi connectivity index (χ1v) is 15.8. The Morgan fingerprint density at radius 2 is 1.85 bits per heavy atom. The molecule has 0 spiro atoms. The third kappa shape index (κ3) is 7.75. The normalized spacial score (nSPS) is 16.9. The summed E-state index contributed by atoms with van der Waals surface area (Å²) in [4.78, 5) is 40.1. The Kier molecular flexibility index (Phi) is 9.73. The maximum Gasteiger partial charge on any atom is 0.411 e. The summed E-state index contributed by atoms with van der Waals surface area (Å²) in [5.41, 5.74) is 3.66. The zero-order chi connectivity index (χ0) is 32.9. The average molecular weight is 677 g/mol. The Bertz CT molecular complexity index is 1800. The van der Waals surface area contributed by atoms with Crippen LogP contribution < -0.4 is 10.6 Å². The van der Waals surface area contributed by atoms with Gasteiger partial charge in [0.1, 0.15) is 6.33 Å². The number of likely N-dealkylation sites (tertiary alicyclic amines) is 1. The lowest BCUT2D eigenvalue weighted by atomic mass is 9.87. The van der Waals surface area contributed by atoms with Crippen LogP contribution in [-0.4, -0.2) is 73.4 Å². The standard InChI is InChI=1S/C32H31Cl2N9O4/c1-47-32(46)36-24-10-6-19(7-11-24)25-16-26(38-39-30(25)34)29(22-3-2-14-42(17-22)31(45)20-4-5-20)37-28(44)13-8-21-15-23(33)9-12-27(21)43-18-35-40-41-43/h6-13,15-16,18,20,22,29H,2-5,14,17H2,1H3,(H,36,46)(H,37,44)/b13-8+. The Balaban J connectivity index is 1.29. The lowest BCUT2D eigenvalue weighted by molar-refractivity contribution is -0.134. The SMILES string of the molecule is COC(=O)Nc1ccc(-c2cc(C(NC(=O)/C=C/c3cc(Cl)ccc3-n3cnnn3)C3CCCN(C(=O)C4CC4)C3)nnc2Cl)cc1. The summed E-state index contributed by atoms with van der Waals surface area (Å²) < 4.78 is 6.14. The number of hydrogen-bond acceptors (Lipinski definition) is 9. The van der Waals surface area contributed by atoms with E-state index < -0.39 is 12.1 Å². The number of amides is 3. The highest BCUT2D eigenvalue weighted by molar-refractivity contribution is 6.32. The van der Waals surface area contributed by atoms with Crippen LogP contribution in [0, 0.1) is 11.8 Å². The summed E-state index contributed by atoms with van der Waals surface area (Å²) in [7, 11) is 1.29. The molecule has 2 atom stereocenters. The van der Waals surface area contributed by atoms with Gasteiger partial charge in [0.2, 0.25) is 11.8 Å². The van der Waals surface area contributed by atoms with Gasteiger partial charge in [-0.25, -0.2) is 4.79 Å². The quantitative estimate of drug-likeness (QED) is 0.230. The van der Waals surface area contributed by atoms with Crippen molar-refractivity contribution in [3.05, 3.63) is 82.4 Å². The van der Waals surface area contributed by atoms with E-state index >= 15 is 0 Å². The number of nitrogens with zero attached hydrogens (tertiary/aromatic N) is 7. The zero-order valence-electron chi connectivity index (χ0n) is 25.3. The van der Waals surface area contributed by atoms with E-state index in [0.29, 0.717) is 46.3 Å². The van der Waals surface area contributed by atoms with Gasteiger partial charge in [-0.05, 0) is 84.1 Å². The number of carbonyl (C=O) groups excluding carboxylic acids is 3. The van der Waals surface area contributed by atoms with Crippen LogP contribution in [0.15, 0.2) is 60.9 Å². The second kappa shape index (κ2) is 14.3. The highest BCUT2D eigenvalue weighted by Gasteiger charge is 2.38. The van der Waals surface area contributed by atoms with Gasteiger partial charge in [0.25, 0.3) is 0 Å². The maximum absolute atomic E-state index is 13.6. The monoisotopic (exact) mass is 675 g/mol. The highest BCUT2D eigenvalue weighted by atomic mass is 35.5. The average Bonchev–Trinajstić information content (AvgIpc) is 3.80. The molecule has 3 amide bonds. The van der Waals surface area contributed by atoms with Crippen LogP contribution in [-0.2, 0) is 14.3 Å². The molecule has 242 valence electrons. The lowest BCUT2D eigenvalue weighted by Crippen LogP contribution is -2.45. The zero-order valence-corrected chi connectivity index (χ0v) is 26.9. The summed E-state index contributed by atoms with van der Waals surface area (Å²) in [5, 5.41) is 26.4. The van der Waals surface area contributed by atoms with E-state index in [9.17, 15) is 14.4 Å². The Morgan fingerprint density at radius 1 is 1.04 bits per heavy atom. The smallest absolute Gasteiger partial charge is 0.411 e. The Morgan fingerprint density at radius 3 is 2.57 bits per heavy atom. The molecule has 1 aliphatic heterocycles. The van der Waals surface area contributed by atoms with Crippen molar-refractivity contribution in [1.29, 1.82) is 0 Å². The maximum atomic E-state index is 13.6. The second-order valence-corrected chi connectivity index (χ2v) is 12.2. The van der Waals surface area contributed by atoms with Crippen LogP contribution in [0.3, 0.4) is 0 Å². The van der Waals surface area contributed by atoms with Gasteiger partial charge in [0.05, 0.1) is 24.5 Å². The van der Waals surface area contributed by atoms with E-state index in [1.807, 2.05) is 4.90 Å². The fraction of sp³-hybridized carbons (Fsp3) is 0.312. The minimum Gasteiger partial charge on any atom is -0.453 e. The third-order valence-corrected chi connectivity index (χ3v) is 8.69. The van der Waals surface area contributed by atoms with Crippen molar-refractivity contribution in [1.82, 2.24) is 40.6 Å². The summed E-state index contributed by atoms with van der Waals surface area (Å²) >= 11 is 12.8. The number of carbonyl (C=O) groups is 3. The van der Waals surface area contributed by atoms with Crippen molar-refractivity contribution in [2.45, 2.75) is 31.7 Å². The molecule has 1 saturated heterocycles. The van der Waals surface area contributed by atoms with Gasteiger partial charge in [-0.2, -0.15) is 9.78 Å². The number of ether oxygens (including phenoxy) is 1. The number of halogens is 2. The number of piperidine rings is 1. The number of rotatable bonds is 9. The lowest BCUT2D eigenvalue weighted by Gasteiger charge is -2.37. The van der Waals surface area contributed by atoms with Crippen molar-refractivity contribution in [3.63, 3.8) is 0 Å². The first kappa shape index (κ1) is 32.1. The molecule has 13 nitrogen and oxygen atoms in total. The van der Waals surface area contributed by atoms with Gasteiger partial charge in [-0.1, -0.05) is 35.3 Å². The number of nitrogens with one attached hydrogen (secondary N) is 2. The van der Waals surface area contributed by atoms with E-state index in [1.54, 1.807) is 54.6 Å². The van der Waals surface area contributed by atoms with Crippen molar-refractivity contribution >= 4 is 52.9 Å².